The molecule has 3 aromatic rings. The van der Waals surface area contributed by atoms with E-state index in [9.17, 15) is 9.90 Å². The number of nitrogens with one attached hydrogen (secondary N) is 1. The van der Waals surface area contributed by atoms with E-state index in [2.05, 4.69) is 10.3 Å². The number of hydrogen-bond donors (Lipinski definition) is 2. The molecule has 0 saturated carbocycles. The third-order valence-electron chi connectivity index (χ3n) is 3.42. The second-order valence-electron chi connectivity index (χ2n) is 5.09. The minimum absolute atomic E-state index is 0. The minimum atomic E-state index is -0.424. The Morgan fingerprint density at radius 1 is 1.21 bits per heavy atom. The Kier molecular flexibility index (Phi) is 5.49. The zero-order chi connectivity index (χ0) is 16.6. The maximum absolute atomic E-state index is 12.5. The molecule has 3 rings (SSSR count). The van der Waals surface area contributed by atoms with Crippen LogP contribution in [0.25, 0.3) is 5.65 Å². The Balaban J connectivity index is 0.00000208. The summed E-state index contributed by atoms with van der Waals surface area (Å²) in [4.78, 5) is 16.9. The van der Waals surface area contributed by atoms with Crippen LogP contribution in [0.2, 0.25) is 10.0 Å². The lowest BCUT2D eigenvalue weighted by molar-refractivity contribution is 0.280. The first-order valence-electron chi connectivity index (χ1n) is 6.84. The summed E-state index contributed by atoms with van der Waals surface area (Å²) in [5, 5.41) is 13.4. The molecule has 0 saturated heterocycles. The first-order chi connectivity index (χ1) is 11.0. The summed E-state index contributed by atoms with van der Waals surface area (Å²) >= 11 is 11.9. The van der Waals surface area contributed by atoms with Crippen molar-refractivity contribution >= 4 is 40.4 Å². The number of nitrogens with zero attached hydrogens (tertiary/aromatic N) is 2. The fraction of sp³-hybridized carbons (Fsp3) is 0.176. The fourth-order valence-electron chi connectivity index (χ4n) is 2.23. The Bertz CT molecular complexity index is 954. The van der Waals surface area contributed by atoms with E-state index in [1.807, 2.05) is 13.0 Å². The molecule has 126 valence electrons. The lowest BCUT2D eigenvalue weighted by Gasteiger charge is -2.12. The van der Waals surface area contributed by atoms with Crippen LogP contribution in [-0.2, 0) is 6.61 Å². The molecule has 0 amide bonds. The van der Waals surface area contributed by atoms with Crippen molar-refractivity contribution < 1.29 is 5.11 Å². The van der Waals surface area contributed by atoms with Crippen LogP contribution in [0.1, 0.15) is 18.6 Å². The number of fused-ring (bicyclic) bond motifs is 1. The van der Waals surface area contributed by atoms with Crippen molar-refractivity contribution in [2.45, 2.75) is 21.0 Å². The van der Waals surface area contributed by atoms with Crippen LogP contribution in [0.15, 0.2) is 41.3 Å². The fourth-order valence-corrected chi connectivity index (χ4v) is 2.53. The van der Waals surface area contributed by atoms with Crippen LogP contribution in [-0.4, -0.2) is 14.5 Å². The summed E-state index contributed by atoms with van der Waals surface area (Å²) in [5.41, 5.74) is 1.96. The van der Waals surface area contributed by atoms with E-state index >= 15 is 0 Å². The Morgan fingerprint density at radius 3 is 2.62 bits per heavy atom. The Labute approximate surface area is 149 Å². The number of benzene rings is 1. The highest BCUT2D eigenvalue weighted by Crippen LogP contribution is 2.27. The van der Waals surface area contributed by atoms with Crippen molar-refractivity contribution in [3.05, 3.63) is 68.1 Å². The highest BCUT2D eigenvalue weighted by atomic mass is 35.5. The molecular formula is C17H17Cl2N3O2. The molecule has 0 aliphatic rings. The number of anilines is 2. The van der Waals surface area contributed by atoms with Gasteiger partial charge in [0.25, 0.3) is 5.56 Å². The maximum atomic E-state index is 12.5. The van der Waals surface area contributed by atoms with Crippen molar-refractivity contribution in [1.82, 2.24) is 9.38 Å². The van der Waals surface area contributed by atoms with Gasteiger partial charge in [0.05, 0.1) is 22.2 Å². The molecule has 0 radical (unpaired) electrons. The third-order valence-corrected chi connectivity index (χ3v) is 4.16. The second-order valence-corrected chi connectivity index (χ2v) is 5.90. The molecule has 1 aromatic carbocycles. The van der Waals surface area contributed by atoms with E-state index in [1.54, 1.807) is 30.5 Å². The lowest BCUT2D eigenvalue weighted by Crippen LogP contribution is -2.22. The lowest BCUT2D eigenvalue weighted by atomic mass is 10.2. The summed E-state index contributed by atoms with van der Waals surface area (Å²) in [6, 6.07) is 8.59. The van der Waals surface area contributed by atoms with Gasteiger partial charge in [-0.1, -0.05) is 30.6 Å². The van der Waals surface area contributed by atoms with Gasteiger partial charge in [0.1, 0.15) is 11.5 Å². The molecular weight excluding hydrogens is 349 g/mol. The average Bonchev–Trinajstić information content (AvgIpc) is 2.51. The number of rotatable bonds is 3. The summed E-state index contributed by atoms with van der Waals surface area (Å²) in [5.74, 6) is 0.293. The Morgan fingerprint density at radius 2 is 1.96 bits per heavy atom. The quantitative estimate of drug-likeness (QED) is 0.730. The van der Waals surface area contributed by atoms with Crippen LogP contribution in [0.3, 0.4) is 0 Å². The van der Waals surface area contributed by atoms with Gasteiger partial charge in [-0.25, -0.2) is 4.98 Å². The van der Waals surface area contributed by atoms with Crippen LogP contribution < -0.4 is 10.9 Å². The molecule has 0 aliphatic heterocycles. The second kappa shape index (κ2) is 7.21. The molecule has 0 unspecified atom stereocenters. The first kappa shape index (κ1) is 18.3. The molecule has 7 heteroatoms. The van der Waals surface area contributed by atoms with Crippen LogP contribution >= 0.6 is 23.2 Å². The summed E-state index contributed by atoms with van der Waals surface area (Å²) < 4.78 is 1.40. The van der Waals surface area contributed by atoms with Gasteiger partial charge in [-0.15, -0.1) is 0 Å². The molecule has 24 heavy (non-hydrogen) atoms. The van der Waals surface area contributed by atoms with Crippen LogP contribution in [0.5, 0.6) is 0 Å². The number of aliphatic hydroxyl groups is 1. The number of halogens is 2. The number of aliphatic hydroxyl groups excluding tert-OH is 1. The van der Waals surface area contributed by atoms with E-state index < -0.39 is 6.61 Å². The zero-order valence-electron chi connectivity index (χ0n) is 12.2. The van der Waals surface area contributed by atoms with Crippen molar-refractivity contribution in [2.75, 3.05) is 5.32 Å². The van der Waals surface area contributed by atoms with Gasteiger partial charge in [-0.2, -0.15) is 0 Å². The van der Waals surface area contributed by atoms with Crippen molar-refractivity contribution in [1.29, 1.82) is 0 Å². The number of hydrogen-bond acceptors (Lipinski definition) is 4. The van der Waals surface area contributed by atoms with Crippen LogP contribution in [0.4, 0.5) is 11.5 Å². The minimum Gasteiger partial charge on any atom is -0.391 e. The first-order valence-corrected chi connectivity index (χ1v) is 7.60. The predicted octanol–water partition coefficient (Wildman–Crippen LogP) is 4.18. The molecule has 0 atom stereocenters. The van der Waals surface area contributed by atoms with Crippen molar-refractivity contribution in [2.24, 2.45) is 0 Å². The topological polar surface area (TPSA) is 66.6 Å². The van der Waals surface area contributed by atoms with Gasteiger partial charge in [0.15, 0.2) is 0 Å². The summed E-state index contributed by atoms with van der Waals surface area (Å²) in [7, 11) is 0. The summed E-state index contributed by atoms with van der Waals surface area (Å²) in [6.45, 7) is 1.49. The van der Waals surface area contributed by atoms with Gasteiger partial charge in [-0.05, 0) is 42.8 Å². The molecule has 2 aromatic heterocycles. The Hall–Kier alpha value is -2.08. The molecule has 0 bridgehead atoms. The third kappa shape index (κ3) is 3.38. The largest absolute Gasteiger partial charge is 0.391 e. The molecule has 0 aliphatic carbocycles. The number of aryl methyl sites for hydroxylation is 1. The highest BCUT2D eigenvalue weighted by Gasteiger charge is 2.13. The molecule has 0 spiro atoms. The van der Waals surface area contributed by atoms with E-state index in [1.165, 1.54) is 4.40 Å². The summed E-state index contributed by atoms with van der Waals surface area (Å²) in [6.07, 6.45) is 1.64. The maximum Gasteiger partial charge on any atom is 0.265 e. The van der Waals surface area contributed by atoms with E-state index in [0.29, 0.717) is 27.2 Å². The van der Waals surface area contributed by atoms with Gasteiger partial charge in [-0.3, -0.25) is 9.20 Å². The van der Waals surface area contributed by atoms with Gasteiger partial charge >= 0.3 is 0 Å². The molecule has 2 N–H and O–H groups in total. The van der Waals surface area contributed by atoms with Gasteiger partial charge < -0.3 is 10.4 Å². The van der Waals surface area contributed by atoms with E-state index in [-0.39, 0.29) is 18.5 Å². The molecule has 0 fully saturated rings. The molecule has 2 heterocycles. The predicted molar refractivity (Wildman–Crippen MR) is 98.6 cm³/mol. The van der Waals surface area contributed by atoms with E-state index in [0.717, 1.165) is 5.56 Å². The standard InChI is InChI=1S/C16H13Cl2N3O2.CH4/c1-9-4-5-21-14(6-9)20-15(11(8-22)16(21)23)19-10-2-3-12(17)13(18)7-10;/h2-7,19,22H,8H2,1H3;1H4. The molecule has 5 nitrogen and oxygen atoms in total. The van der Waals surface area contributed by atoms with Crippen molar-refractivity contribution in [3.63, 3.8) is 0 Å². The zero-order valence-corrected chi connectivity index (χ0v) is 13.7. The van der Waals surface area contributed by atoms with E-state index in [4.69, 9.17) is 23.2 Å². The van der Waals surface area contributed by atoms with Gasteiger partial charge in [0.2, 0.25) is 0 Å². The normalized spacial score (nSPS) is 10.5. The van der Waals surface area contributed by atoms with Crippen LogP contribution in [0, 0.1) is 6.92 Å². The number of aromatic nitrogens is 2. The number of pyridine rings is 1. The smallest absolute Gasteiger partial charge is 0.265 e. The monoisotopic (exact) mass is 365 g/mol. The average molecular weight is 366 g/mol. The van der Waals surface area contributed by atoms with Crippen molar-refractivity contribution in [3.8, 4) is 0 Å². The van der Waals surface area contributed by atoms with Gasteiger partial charge in [0, 0.05) is 11.9 Å². The SMILES string of the molecule is C.Cc1ccn2c(=O)c(CO)c(Nc3ccc(Cl)c(Cl)c3)nc2c1. The highest BCUT2D eigenvalue weighted by molar-refractivity contribution is 6.42.